The molecule has 0 saturated carbocycles. The topological polar surface area (TPSA) is 95.9 Å². The number of aliphatic hydroxyl groups is 1. The number of carbonyl (C=O) groups is 3. The number of fused-ring (bicyclic) bond motifs is 1. The minimum atomic E-state index is -0.689. The third-order valence-electron chi connectivity index (χ3n) is 6.84. The number of carbonyl (C=O) groups excluding carboxylic acids is 3. The fraction of sp³-hybridized carbons (Fsp3) is 0.857. The van der Waals surface area contributed by atoms with Gasteiger partial charge in [-0.25, -0.2) is 0 Å². The first-order valence-corrected chi connectivity index (χ1v) is 11.7. The molecule has 3 saturated heterocycles. The molecule has 3 heterocycles. The van der Waals surface area contributed by atoms with Gasteiger partial charge in [0.15, 0.2) is 0 Å². The summed E-state index contributed by atoms with van der Waals surface area (Å²) >= 11 is 1.63. The summed E-state index contributed by atoms with van der Waals surface area (Å²) in [5.74, 6) is -1.70. The largest absolute Gasteiger partial charge is 0.466 e. The molecule has 0 aromatic heterocycles. The monoisotopic (exact) mass is 426 g/mol. The number of esters is 1. The fourth-order valence-corrected chi connectivity index (χ4v) is 8.05. The van der Waals surface area contributed by atoms with Crippen LogP contribution in [0.5, 0.6) is 0 Å². The van der Waals surface area contributed by atoms with Crippen LogP contribution in [0.1, 0.15) is 53.9 Å². The lowest BCUT2D eigenvalue weighted by molar-refractivity contribution is -0.154. The zero-order valence-electron chi connectivity index (χ0n) is 18.0. The summed E-state index contributed by atoms with van der Waals surface area (Å²) < 4.78 is 4.65. The van der Waals surface area contributed by atoms with E-state index in [1.54, 1.807) is 30.5 Å². The van der Waals surface area contributed by atoms with Crippen molar-refractivity contribution < 1.29 is 24.2 Å². The van der Waals surface area contributed by atoms with Gasteiger partial charge in [0.05, 0.1) is 35.8 Å². The van der Waals surface area contributed by atoms with Crippen LogP contribution in [0, 0.1) is 17.8 Å². The van der Waals surface area contributed by atoms with Gasteiger partial charge in [0.1, 0.15) is 6.04 Å². The lowest BCUT2D eigenvalue weighted by atomic mass is 9.66. The van der Waals surface area contributed by atoms with E-state index >= 15 is 0 Å². The second-order valence-corrected chi connectivity index (χ2v) is 10.3. The van der Waals surface area contributed by atoms with Gasteiger partial charge in [0.2, 0.25) is 11.8 Å². The van der Waals surface area contributed by atoms with Crippen molar-refractivity contribution in [1.82, 2.24) is 10.2 Å². The maximum atomic E-state index is 13.6. The molecule has 1 spiro atoms. The minimum absolute atomic E-state index is 0.00379. The van der Waals surface area contributed by atoms with Crippen molar-refractivity contribution in [2.75, 3.05) is 13.2 Å². The molecule has 164 valence electrons. The van der Waals surface area contributed by atoms with Gasteiger partial charge in [-0.15, -0.1) is 11.8 Å². The van der Waals surface area contributed by atoms with Gasteiger partial charge in [-0.3, -0.25) is 14.4 Å². The van der Waals surface area contributed by atoms with E-state index in [2.05, 4.69) is 19.2 Å². The van der Waals surface area contributed by atoms with E-state index in [0.717, 1.165) is 19.3 Å². The van der Waals surface area contributed by atoms with Crippen molar-refractivity contribution in [2.45, 2.75) is 82.0 Å². The van der Waals surface area contributed by atoms with Crippen LogP contribution in [-0.2, 0) is 19.1 Å². The molecule has 3 rings (SSSR count). The third-order valence-corrected chi connectivity index (χ3v) is 8.92. The van der Waals surface area contributed by atoms with Crippen LogP contribution in [-0.4, -0.2) is 69.1 Å². The first-order chi connectivity index (χ1) is 13.7. The Hall–Kier alpha value is -1.28. The van der Waals surface area contributed by atoms with Crippen molar-refractivity contribution in [3.63, 3.8) is 0 Å². The lowest BCUT2D eigenvalue weighted by Gasteiger charge is -2.39. The molecule has 3 aliphatic rings. The molecule has 2 amide bonds. The quantitative estimate of drug-likeness (QED) is 0.572. The highest BCUT2D eigenvalue weighted by Crippen LogP contribution is 2.68. The van der Waals surface area contributed by atoms with Crippen molar-refractivity contribution >= 4 is 29.5 Å². The number of hydrogen-bond donors (Lipinski definition) is 2. The van der Waals surface area contributed by atoms with Gasteiger partial charge in [-0.1, -0.05) is 20.3 Å². The summed E-state index contributed by atoms with van der Waals surface area (Å²) in [5, 5.41) is 12.9. The van der Waals surface area contributed by atoms with E-state index in [1.807, 2.05) is 6.92 Å². The average molecular weight is 427 g/mol. The van der Waals surface area contributed by atoms with Gasteiger partial charge in [0, 0.05) is 11.3 Å². The number of thioether (sulfide) groups is 1. The Balaban J connectivity index is 2.02. The van der Waals surface area contributed by atoms with Crippen molar-refractivity contribution in [2.24, 2.45) is 17.8 Å². The molecular formula is C21H34N2O5S. The molecule has 0 aliphatic carbocycles. The van der Waals surface area contributed by atoms with Crippen LogP contribution in [0.25, 0.3) is 0 Å². The highest BCUT2D eigenvalue weighted by molar-refractivity contribution is 8.02. The van der Waals surface area contributed by atoms with Gasteiger partial charge in [-0.2, -0.15) is 0 Å². The van der Waals surface area contributed by atoms with Gasteiger partial charge < -0.3 is 20.1 Å². The Morgan fingerprint density at radius 3 is 2.66 bits per heavy atom. The first-order valence-electron chi connectivity index (χ1n) is 10.8. The molecule has 8 atom stereocenters. The van der Waals surface area contributed by atoms with E-state index in [4.69, 9.17) is 4.74 Å². The normalized spacial score (nSPS) is 37.4. The highest BCUT2D eigenvalue weighted by Gasteiger charge is 2.76. The molecule has 0 aromatic carbocycles. The predicted octanol–water partition coefficient (Wildman–Crippen LogP) is 1.57. The lowest BCUT2D eigenvalue weighted by Crippen LogP contribution is -2.59. The van der Waals surface area contributed by atoms with Gasteiger partial charge in [-0.05, 0) is 39.5 Å². The first kappa shape index (κ1) is 22.4. The molecule has 3 aliphatic heterocycles. The smallest absolute Gasteiger partial charge is 0.310 e. The second-order valence-electron chi connectivity index (χ2n) is 8.78. The molecule has 0 aromatic rings. The van der Waals surface area contributed by atoms with Crippen molar-refractivity contribution in [3.8, 4) is 0 Å². The van der Waals surface area contributed by atoms with Gasteiger partial charge in [0.25, 0.3) is 0 Å². The van der Waals surface area contributed by atoms with Crippen LogP contribution in [0.4, 0.5) is 0 Å². The molecule has 7 nitrogen and oxygen atoms in total. The highest BCUT2D eigenvalue weighted by atomic mass is 32.2. The molecule has 2 N–H and O–H groups in total. The number of rotatable bonds is 8. The molecule has 8 heteroatoms. The third kappa shape index (κ3) is 3.36. The van der Waals surface area contributed by atoms with Crippen molar-refractivity contribution in [1.29, 1.82) is 0 Å². The maximum Gasteiger partial charge on any atom is 0.310 e. The Labute approximate surface area is 177 Å². The van der Waals surface area contributed by atoms with E-state index < -0.39 is 28.7 Å². The maximum absolute atomic E-state index is 13.6. The number of aliphatic hydroxyl groups excluding tert-OH is 1. The Bertz CT molecular complexity index is 673. The van der Waals surface area contributed by atoms with Crippen LogP contribution in [0.3, 0.4) is 0 Å². The summed E-state index contributed by atoms with van der Waals surface area (Å²) in [6, 6.07) is -1.18. The summed E-state index contributed by atoms with van der Waals surface area (Å²) in [6.45, 7) is 9.68. The molecular weight excluding hydrogens is 392 g/mol. The van der Waals surface area contributed by atoms with Crippen molar-refractivity contribution in [3.05, 3.63) is 0 Å². The summed E-state index contributed by atoms with van der Waals surface area (Å²) in [7, 11) is 0. The number of nitrogens with zero attached hydrogens (tertiary/aromatic N) is 1. The standard InChI is InChI=1S/C21H34N2O5S/c1-6-8-12(4)22-18(25)17-21-11(3)9-14(29-21)15(20(27)28-7-2)16(21)19(26)23(17)13(5)10-24/h11-17,24H,6-10H2,1-5H3,(H,22,25)/t11?,12?,13-,14-,15+,16+,17?,21?/m1/s1. The minimum Gasteiger partial charge on any atom is -0.466 e. The second kappa shape index (κ2) is 8.46. The number of amides is 2. The fourth-order valence-electron chi connectivity index (χ4n) is 5.65. The molecule has 29 heavy (non-hydrogen) atoms. The number of nitrogens with one attached hydrogen (secondary N) is 1. The average Bonchev–Trinajstić information content (AvgIpc) is 3.25. The summed E-state index contributed by atoms with van der Waals surface area (Å²) in [4.78, 5) is 41.3. The zero-order chi connectivity index (χ0) is 21.5. The van der Waals surface area contributed by atoms with Gasteiger partial charge >= 0.3 is 5.97 Å². The summed E-state index contributed by atoms with van der Waals surface area (Å²) in [5.41, 5.74) is 0. The van der Waals surface area contributed by atoms with E-state index in [0.29, 0.717) is 0 Å². The molecule has 2 bridgehead atoms. The van der Waals surface area contributed by atoms with Crippen LogP contribution in [0.15, 0.2) is 0 Å². The van der Waals surface area contributed by atoms with Crippen LogP contribution >= 0.6 is 11.8 Å². The number of hydrogen-bond acceptors (Lipinski definition) is 6. The Morgan fingerprint density at radius 2 is 2.07 bits per heavy atom. The zero-order valence-corrected chi connectivity index (χ0v) is 18.8. The Kier molecular flexibility index (Phi) is 6.53. The predicted molar refractivity (Wildman–Crippen MR) is 111 cm³/mol. The van der Waals surface area contributed by atoms with Crippen LogP contribution in [0.2, 0.25) is 0 Å². The molecule has 4 unspecified atom stereocenters. The molecule has 0 radical (unpaired) electrons. The Morgan fingerprint density at radius 1 is 1.38 bits per heavy atom. The van der Waals surface area contributed by atoms with E-state index in [1.165, 1.54) is 0 Å². The van der Waals surface area contributed by atoms with E-state index in [9.17, 15) is 19.5 Å². The van der Waals surface area contributed by atoms with E-state index in [-0.39, 0.29) is 48.2 Å². The number of likely N-dealkylation sites (tertiary alicyclic amines) is 1. The number of ether oxygens (including phenoxy) is 1. The SMILES string of the molecule is CCCC(C)NC(=O)C1N([C@H](C)CO)C(=O)[C@@H]2[C@@H](C(=O)OCC)[C@H]3CC(C)C12S3. The summed E-state index contributed by atoms with van der Waals surface area (Å²) in [6.07, 6.45) is 2.59. The molecule has 3 fully saturated rings. The van der Waals surface area contributed by atoms with Crippen LogP contribution < -0.4 is 5.32 Å².